The molecule has 0 aromatic heterocycles. The molecule has 0 saturated carbocycles. The number of hydrogen-bond donors (Lipinski definition) is 2. The Bertz CT molecular complexity index is 450. The Morgan fingerprint density at radius 2 is 2.05 bits per heavy atom. The van der Waals surface area contributed by atoms with Gasteiger partial charge in [-0.05, 0) is 60.6 Å². The van der Waals surface area contributed by atoms with Crippen LogP contribution < -0.4 is 11.1 Å². The molecule has 0 heterocycles. The summed E-state index contributed by atoms with van der Waals surface area (Å²) in [6.45, 7) is 5.14. The van der Waals surface area contributed by atoms with E-state index >= 15 is 0 Å². The summed E-state index contributed by atoms with van der Waals surface area (Å²) in [5.74, 6) is 0.446. The van der Waals surface area contributed by atoms with Crippen molar-refractivity contribution in [3.05, 3.63) is 28.2 Å². The monoisotopic (exact) mass is 341 g/mol. The van der Waals surface area contributed by atoms with Crippen LogP contribution in [0.5, 0.6) is 0 Å². The van der Waals surface area contributed by atoms with Gasteiger partial charge in [-0.3, -0.25) is 4.79 Å². The van der Waals surface area contributed by atoms with Crippen LogP contribution >= 0.6 is 15.9 Å². The number of likely N-dealkylation sites (N-methyl/N-ethyl adjacent to an activating group) is 1. The van der Waals surface area contributed by atoms with Crippen LogP contribution in [0.1, 0.15) is 30.6 Å². The average Bonchev–Trinajstić information content (AvgIpc) is 2.30. The summed E-state index contributed by atoms with van der Waals surface area (Å²) in [5, 5.41) is 3.10. The quantitative estimate of drug-likeness (QED) is 0.782. The minimum Gasteiger partial charge on any atom is -0.399 e. The molecule has 0 aliphatic rings. The maximum Gasteiger partial charge on any atom is 0.252 e. The Morgan fingerprint density at radius 1 is 1.40 bits per heavy atom. The van der Waals surface area contributed by atoms with E-state index in [-0.39, 0.29) is 11.9 Å². The van der Waals surface area contributed by atoms with Crippen molar-refractivity contribution in [1.82, 2.24) is 10.2 Å². The van der Waals surface area contributed by atoms with Crippen LogP contribution in [-0.4, -0.2) is 37.5 Å². The first-order valence-electron chi connectivity index (χ1n) is 6.80. The van der Waals surface area contributed by atoms with Gasteiger partial charge in [0.15, 0.2) is 0 Å². The Balaban J connectivity index is 2.81. The van der Waals surface area contributed by atoms with Crippen LogP contribution in [0.15, 0.2) is 22.7 Å². The number of halogens is 1. The second kappa shape index (κ2) is 7.64. The van der Waals surface area contributed by atoms with Crippen LogP contribution in [-0.2, 0) is 0 Å². The third-order valence-corrected chi connectivity index (χ3v) is 3.60. The number of rotatable bonds is 6. The molecule has 0 fully saturated rings. The number of carbonyl (C=O) groups is 1. The maximum absolute atomic E-state index is 12.4. The van der Waals surface area contributed by atoms with Crippen LogP contribution in [0.3, 0.4) is 0 Å². The number of nitrogens with one attached hydrogen (secondary N) is 1. The van der Waals surface area contributed by atoms with Crippen molar-refractivity contribution in [2.24, 2.45) is 5.92 Å². The number of nitrogen functional groups attached to an aromatic ring is 1. The van der Waals surface area contributed by atoms with Crippen molar-refractivity contribution in [1.29, 1.82) is 0 Å². The van der Waals surface area contributed by atoms with Gasteiger partial charge < -0.3 is 16.0 Å². The third kappa shape index (κ3) is 5.51. The molecule has 4 nitrogen and oxygen atoms in total. The smallest absolute Gasteiger partial charge is 0.252 e. The molecule has 0 spiro atoms. The van der Waals surface area contributed by atoms with E-state index in [0.717, 1.165) is 17.4 Å². The van der Waals surface area contributed by atoms with Gasteiger partial charge in [0.05, 0.1) is 5.56 Å². The van der Waals surface area contributed by atoms with Gasteiger partial charge in [0.25, 0.3) is 5.91 Å². The summed E-state index contributed by atoms with van der Waals surface area (Å²) >= 11 is 3.40. The number of benzene rings is 1. The summed E-state index contributed by atoms with van der Waals surface area (Å²) in [7, 11) is 4.02. The lowest BCUT2D eigenvalue weighted by atomic mass is 10.0. The molecule has 1 aromatic carbocycles. The minimum absolute atomic E-state index is 0.0864. The van der Waals surface area contributed by atoms with Gasteiger partial charge in [-0.15, -0.1) is 0 Å². The van der Waals surface area contributed by atoms with Crippen LogP contribution in [0.2, 0.25) is 0 Å². The molecule has 1 atom stereocenters. The molecule has 1 aromatic rings. The first kappa shape index (κ1) is 17.0. The zero-order valence-corrected chi connectivity index (χ0v) is 14.2. The molecular weight excluding hydrogens is 318 g/mol. The van der Waals surface area contributed by atoms with Gasteiger partial charge in [-0.1, -0.05) is 13.8 Å². The van der Waals surface area contributed by atoms with Crippen molar-refractivity contribution in [2.75, 3.05) is 26.4 Å². The lowest BCUT2D eigenvalue weighted by molar-refractivity contribution is 0.0924. The Labute approximate surface area is 129 Å². The number of amides is 1. The molecule has 1 unspecified atom stereocenters. The number of nitrogens with zero attached hydrogens (tertiary/aromatic N) is 1. The van der Waals surface area contributed by atoms with E-state index in [0.29, 0.717) is 17.2 Å². The highest BCUT2D eigenvalue weighted by molar-refractivity contribution is 9.10. The molecule has 0 saturated heterocycles. The Morgan fingerprint density at radius 3 is 2.60 bits per heavy atom. The van der Waals surface area contributed by atoms with Crippen molar-refractivity contribution in [3.63, 3.8) is 0 Å². The predicted molar refractivity (Wildman–Crippen MR) is 87.8 cm³/mol. The number of carbonyl (C=O) groups excluding carboxylic acids is 1. The molecule has 20 heavy (non-hydrogen) atoms. The molecule has 3 N–H and O–H groups in total. The zero-order chi connectivity index (χ0) is 15.3. The summed E-state index contributed by atoms with van der Waals surface area (Å²) in [5.41, 5.74) is 6.92. The van der Waals surface area contributed by atoms with Gasteiger partial charge in [0.1, 0.15) is 0 Å². The first-order chi connectivity index (χ1) is 9.29. The summed E-state index contributed by atoms with van der Waals surface area (Å²) in [6.07, 6.45) is 0.948. The molecule has 0 aliphatic heterocycles. The van der Waals surface area contributed by atoms with Crippen LogP contribution in [0, 0.1) is 5.92 Å². The molecular formula is C15H24BrN3O. The number of hydrogen-bond acceptors (Lipinski definition) is 3. The standard InChI is InChI=1S/C15H24BrN3O/c1-10(2)7-12(9-19(3)4)18-15(20)13-8-11(17)5-6-14(13)16/h5-6,8,10,12H,7,9,17H2,1-4H3,(H,18,20). The molecule has 5 heteroatoms. The fourth-order valence-electron chi connectivity index (χ4n) is 2.17. The van der Waals surface area contributed by atoms with E-state index in [1.807, 2.05) is 14.1 Å². The van der Waals surface area contributed by atoms with E-state index in [4.69, 9.17) is 5.73 Å². The van der Waals surface area contributed by atoms with Gasteiger partial charge in [0.2, 0.25) is 0 Å². The second-order valence-electron chi connectivity index (χ2n) is 5.80. The second-order valence-corrected chi connectivity index (χ2v) is 6.66. The fraction of sp³-hybridized carbons (Fsp3) is 0.533. The van der Waals surface area contributed by atoms with Crippen molar-refractivity contribution < 1.29 is 4.79 Å². The highest BCUT2D eigenvalue weighted by Gasteiger charge is 2.17. The molecule has 0 bridgehead atoms. The summed E-state index contributed by atoms with van der Waals surface area (Å²) < 4.78 is 0.761. The van der Waals surface area contributed by atoms with Gasteiger partial charge in [-0.2, -0.15) is 0 Å². The lowest BCUT2D eigenvalue weighted by Gasteiger charge is -2.24. The predicted octanol–water partition coefficient (Wildman–Crippen LogP) is 2.74. The van der Waals surface area contributed by atoms with Crippen LogP contribution in [0.4, 0.5) is 5.69 Å². The highest BCUT2D eigenvalue weighted by atomic mass is 79.9. The average molecular weight is 342 g/mol. The van der Waals surface area contributed by atoms with Gasteiger partial charge >= 0.3 is 0 Å². The summed E-state index contributed by atoms with van der Waals surface area (Å²) in [4.78, 5) is 14.5. The molecule has 112 valence electrons. The Hall–Kier alpha value is -1.07. The van der Waals surface area contributed by atoms with Gasteiger partial charge in [0, 0.05) is 22.7 Å². The van der Waals surface area contributed by atoms with E-state index in [1.165, 1.54) is 0 Å². The third-order valence-electron chi connectivity index (χ3n) is 2.91. The largest absolute Gasteiger partial charge is 0.399 e. The SMILES string of the molecule is CC(C)CC(CN(C)C)NC(=O)c1cc(N)ccc1Br. The Kier molecular flexibility index (Phi) is 6.49. The molecule has 1 amide bonds. The van der Waals surface area contributed by atoms with E-state index in [9.17, 15) is 4.79 Å². The number of nitrogens with two attached hydrogens (primary N) is 1. The zero-order valence-electron chi connectivity index (χ0n) is 12.6. The topological polar surface area (TPSA) is 58.4 Å². The minimum atomic E-state index is -0.0864. The van der Waals surface area contributed by atoms with Crippen LogP contribution in [0.25, 0.3) is 0 Å². The van der Waals surface area contributed by atoms with Crippen molar-refractivity contribution in [3.8, 4) is 0 Å². The summed E-state index contributed by atoms with van der Waals surface area (Å²) in [6, 6.07) is 5.40. The van der Waals surface area contributed by atoms with Gasteiger partial charge in [-0.25, -0.2) is 0 Å². The van der Waals surface area contributed by atoms with E-state index in [1.54, 1.807) is 18.2 Å². The first-order valence-corrected chi connectivity index (χ1v) is 7.59. The van der Waals surface area contributed by atoms with Crippen molar-refractivity contribution in [2.45, 2.75) is 26.3 Å². The molecule has 0 radical (unpaired) electrons. The normalized spacial score (nSPS) is 12.8. The molecule has 0 aliphatic carbocycles. The molecule has 1 rings (SSSR count). The number of anilines is 1. The fourth-order valence-corrected chi connectivity index (χ4v) is 2.60. The highest BCUT2D eigenvalue weighted by Crippen LogP contribution is 2.20. The lowest BCUT2D eigenvalue weighted by Crippen LogP contribution is -2.42. The maximum atomic E-state index is 12.4. The van der Waals surface area contributed by atoms with E-state index in [2.05, 4.69) is 40.0 Å². The van der Waals surface area contributed by atoms with E-state index < -0.39 is 0 Å². The van der Waals surface area contributed by atoms with Crippen molar-refractivity contribution >= 4 is 27.5 Å².